The maximum Gasteiger partial charge on any atom is 0.322 e. The van der Waals surface area contributed by atoms with E-state index in [-0.39, 0.29) is 25.1 Å². The molecule has 4 rings (SSSR count). The minimum absolute atomic E-state index is 0.120. The van der Waals surface area contributed by atoms with E-state index >= 15 is 0 Å². The number of rotatable bonds is 12. The number of urea groups is 1. The third-order valence-corrected chi connectivity index (χ3v) is 8.14. The SMILES string of the molecule is COc1ccc(CCN(Cc2cccs2)C(=O)CN(C[C@H]2CCCO2)C(=O)Nc2c(Cl)cccc2Cl)cc1OC. The molecule has 1 aliphatic rings. The van der Waals surface area contributed by atoms with Gasteiger partial charge in [-0.15, -0.1) is 11.3 Å². The summed E-state index contributed by atoms with van der Waals surface area (Å²) in [5.41, 5.74) is 1.31. The van der Waals surface area contributed by atoms with E-state index in [1.807, 2.05) is 35.7 Å². The van der Waals surface area contributed by atoms with Gasteiger partial charge in [-0.25, -0.2) is 4.79 Å². The van der Waals surface area contributed by atoms with Crippen LogP contribution in [0.3, 0.4) is 0 Å². The molecular weight excluding hydrogens is 573 g/mol. The van der Waals surface area contributed by atoms with Crippen molar-refractivity contribution in [2.45, 2.75) is 31.9 Å². The van der Waals surface area contributed by atoms with Crippen LogP contribution < -0.4 is 14.8 Å². The number of ether oxygens (including phenoxy) is 3. The molecule has 40 heavy (non-hydrogen) atoms. The largest absolute Gasteiger partial charge is 0.493 e. The fourth-order valence-corrected chi connectivity index (χ4v) is 5.71. The van der Waals surface area contributed by atoms with Crippen LogP contribution in [0.5, 0.6) is 11.5 Å². The zero-order valence-corrected chi connectivity index (χ0v) is 24.9. The van der Waals surface area contributed by atoms with Gasteiger partial charge in [-0.3, -0.25) is 4.79 Å². The van der Waals surface area contributed by atoms with E-state index < -0.39 is 6.03 Å². The Morgan fingerprint density at radius 2 is 1.82 bits per heavy atom. The number of carbonyl (C=O) groups excluding carboxylic acids is 2. The highest BCUT2D eigenvalue weighted by molar-refractivity contribution is 7.09. The summed E-state index contributed by atoms with van der Waals surface area (Å²) in [4.78, 5) is 31.5. The van der Waals surface area contributed by atoms with Gasteiger partial charge in [-0.2, -0.15) is 0 Å². The quantitative estimate of drug-likeness (QED) is 0.260. The smallest absolute Gasteiger partial charge is 0.322 e. The Labute approximate surface area is 248 Å². The topological polar surface area (TPSA) is 80.3 Å². The summed E-state index contributed by atoms with van der Waals surface area (Å²) in [6.45, 7) is 1.70. The molecule has 1 saturated heterocycles. The van der Waals surface area contributed by atoms with Gasteiger partial charge in [0.05, 0.1) is 42.6 Å². The lowest BCUT2D eigenvalue weighted by Gasteiger charge is -2.29. The van der Waals surface area contributed by atoms with Crippen molar-refractivity contribution in [3.63, 3.8) is 0 Å². The molecule has 2 aromatic carbocycles. The van der Waals surface area contributed by atoms with Gasteiger partial charge in [0.2, 0.25) is 5.91 Å². The van der Waals surface area contributed by atoms with E-state index in [4.69, 9.17) is 37.4 Å². The predicted molar refractivity (Wildman–Crippen MR) is 159 cm³/mol. The molecule has 0 unspecified atom stereocenters. The highest BCUT2D eigenvalue weighted by atomic mass is 35.5. The van der Waals surface area contributed by atoms with E-state index in [2.05, 4.69) is 5.32 Å². The van der Waals surface area contributed by atoms with Gasteiger partial charge in [0.15, 0.2) is 11.5 Å². The number of hydrogen-bond donors (Lipinski definition) is 1. The number of thiophene rings is 1. The number of halogens is 2. The summed E-state index contributed by atoms with van der Waals surface area (Å²) in [7, 11) is 3.19. The van der Waals surface area contributed by atoms with Crippen molar-refractivity contribution in [1.82, 2.24) is 9.80 Å². The van der Waals surface area contributed by atoms with Gasteiger partial charge in [0.1, 0.15) is 6.54 Å². The average Bonchev–Trinajstić information content (AvgIpc) is 3.67. The van der Waals surface area contributed by atoms with Crippen molar-refractivity contribution in [3.05, 3.63) is 74.4 Å². The first kappa shape index (κ1) is 30.0. The van der Waals surface area contributed by atoms with Crippen LogP contribution in [-0.2, 0) is 22.5 Å². The molecule has 1 fully saturated rings. The molecule has 214 valence electrons. The fourth-order valence-electron chi connectivity index (χ4n) is 4.50. The Kier molecular flexibility index (Phi) is 10.9. The molecule has 1 atom stereocenters. The molecule has 11 heteroatoms. The van der Waals surface area contributed by atoms with Gasteiger partial charge >= 0.3 is 6.03 Å². The number of nitrogens with one attached hydrogen (secondary N) is 1. The van der Waals surface area contributed by atoms with Gasteiger partial charge in [-0.1, -0.05) is 41.4 Å². The standard InChI is InChI=1S/C29H33Cl2N3O5S/c1-37-25-11-10-20(16-26(25)38-2)12-13-33(18-22-7-5-15-40-22)27(35)19-34(17-21-6-4-14-39-21)29(36)32-28-23(30)8-3-9-24(28)31/h3,5,7-11,15-16,21H,4,6,12-14,17-19H2,1-2H3,(H,32,36)/t21-/m1/s1. The Hall–Kier alpha value is -2.98. The molecule has 0 aliphatic carbocycles. The number of anilines is 1. The maximum absolute atomic E-state index is 13.8. The predicted octanol–water partition coefficient (Wildman–Crippen LogP) is 6.36. The van der Waals surface area contributed by atoms with Crippen molar-refractivity contribution in [3.8, 4) is 11.5 Å². The molecule has 2 heterocycles. The van der Waals surface area contributed by atoms with Crippen molar-refractivity contribution >= 4 is 52.2 Å². The first-order chi connectivity index (χ1) is 19.4. The van der Waals surface area contributed by atoms with E-state index in [0.717, 1.165) is 23.3 Å². The molecule has 0 bridgehead atoms. The summed E-state index contributed by atoms with van der Waals surface area (Å²) < 4.78 is 16.6. The number of benzene rings is 2. The highest BCUT2D eigenvalue weighted by Crippen LogP contribution is 2.30. The van der Waals surface area contributed by atoms with Gasteiger partial charge in [-0.05, 0) is 60.5 Å². The lowest BCUT2D eigenvalue weighted by Crippen LogP contribution is -2.47. The molecule has 1 N–H and O–H groups in total. The molecule has 1 aromatic heterocycles. The van der Waals surface area contributed by atoms with E-state index in [9.17, 15) is 9.59 Å². The summed E-state index contributed by atoms with van der Waals surface area (Å²) in [6.07, 6.45) is 2.20. The van der Waals surface area contributed by atoms with Gasteiger partial charge in [0.25, 0.3) is 0 Å². The first-order valence-electron chi connectivity index (χ1n) is 13.0. The number of para-hydroxylation sites is 1. The fraction of sp³-hybridized carbons (Fsp3) is 0.379. The van der Waals surface area contributed by atoms with Gasteiger partial charge < -0.3 is 29.3 Å². The Bertz CT molecular complexity index is 1260. The number of amides is 3. The van der Waals surface area contributed by atoms with Crippen LogP contribution in [0.15, 0.2) is 53.9 Å². The zero-order valence-electron chi connectivity index (χ0n) is 22.5. The Morgan fingerprint density at radius 3 is 2.48 bits per heavy atom. The second-order valence-electron chi connectivity index (χ2n) is 9.38. The monoisotopic (exact) mass is 605 g/mol. The maximum atomic E-state index is 13.8. The van der Waals surface area contributed by atoms with Crippen molar-refractivity contribution in [2.24, 2.45) is 0 Å². The normalized spacial score (nSPS) is 14.6. The summed E-state index contributed by atoms with van der Waals surface area (Å²) in [5, 5.41) is 5.42. The zero-order chi connectivity index (χ0) is 28.5. The molecular formula is C29H33Cl2N3O5S. The van der Waals surface area contributed by atoms with Crippen molar-refractivity contribution < 1.29 is 23.8 Å². The van der Waals surface area contributed by atoms with Crippen LogP contribution in [0.4, 0.5) is 10.5 Å². The van der Waals surface area contributed by atoms with E-state index in [1.165, 1.54) is 4.90 Å². The van der Waals surface area contributed by atoms with Crippen LogP contribution >= 0.6 is 34.5 Å². The molecule has 0 radical (unpaired) electrons. The molecule has 0 saturated carbocycles. The summed E-state index contributed by atoms with van der Waals surface area (Å²) >= 11 is 14.2. The minimum Gasteiger partial charge on any atom is -0.493 e. The lowest BCUT2D eigenvalue weighted by molar-refractivity contribution is -0.132. The lowest BCUT2D eigenvalue weighted by atomic mass is 10.1. The second kappa shape index (κ2) is 14.6. The van der Waals surface area contributed by atoms with Crippen LogP contribution in [0.1, 0.15) is 23.3 Å². The van der Waals surface area contributed by atoms with Crippen LogP contribution in [-0.4, -0.2) is 68.3 Å². The molecule has 8 nitrogen and oxygen atoms in total. The third-order valence-electron chi connectivity index (χ3n) is 6.65. The minimum atomic E-state index is -0.463. The van der Waals surface area contributed by atoms with E-state index in [1.54, 1.807) is 48.7 Å². The number of hydrogen-bond acceptors (Lipinski definition) is 6. The molecule has 3 amide bonds. The van der Waals surface area contributed by atoms with Gasteiger partial charge in [0, 0.05) is 24.6 Å². The third kappa shape index (κ3) is 8.04. The number of methoxy groups -OCH3 is 2. The highest BCUT2D eigenvalue weighted by Gasteiger charge is 2.27. The summed E-state index contributed by atoms with van der Waals surface area (Å²) in [5.74, 6) is 1.10. The van der Waals surface area contributed by atoms with Crippen molar-refractivity contribution in [2.75, 3.05) is 45.8 Å². The van der Waals surface area contributed by atoms with E-state index in [0.29, 0.717) is 53.3 Å². The Morgan fingerprint density at radius 1 is 1.05 bits per heavy atom. The molecule has 0 spiro atoms. The Balaban J connectivity index is 1.51. The molecule has 1 aliphatic heterocycles. The summed E-state index contributed by atoms with van der Waals surface area (Å²) in [6, 6.07) is 14.2. The number of carbonyl (C=O) groups is 2. The second-order valence-corrected chi connectivity index (χ2v) is 11.2. The first-order valence-corrected chi connectivity index (χ1v) is 14.6. The van der Waals surface area contributed by atoms with Crippen LogP contribution in [0.2, 0.25) is 10.0 Å². The van der Waals surface area contributed by atoms with Crippen LogP contribution in [0.25, 0.3) is 0 Å². The average molecular weight is 607 g/mol. The molecule has 3 aromatic rings. The van der Waals surface area contributed by atoms with Crippen LogP contribution in [0, 0.1) is 0 Å². The van der Waals surface area contributed by atoms with Crippen molar-refractivity contribution in [1.29, 1.82) is 0 Å². The number of nitrogens with zero attached hydrogens (tertiary/aromatic N) is 2.